The number of hydrogen-bond acceptors (Lipinski definition) is 2. The summed E-state index contributed by atoms with van der Waals surface area (Å²) >= 11 is 0. The summed E-state index contributed by atoms with van der Waals surface area (Å²) in [5.41, 5.74) is -4.13. The molecule has 0 radical (unpaired) electrons. The molecular formula is C10H11F4NO3. The zero-order valence-corrected chi connectivity index (χ0v) is 9.26. The molecule has 2 fully saturated rings. The number of carboxylic acids is 1. The van der Waals surface area contributed by atoms with Crippen molar-refractivity contribution in [2.24, 2.45) is 5.41 Å². The van der Waals surface area contributed by atoms with Crippen molar-refractivity contribution in [1.82, 2.24) is 4.90 Å². The Hall–Kier alpha value is -1.34. The lowest BCUT2D eigenvalue weighted by Crippen LogP contribution is -2.45. The zero-order chi connectivity index (χ0) is 13.8. The van der Waals surface area contributed by atoms with E-state index in [-0.39, 0.29) is 17.7 Å². The average Bonchev–Trinajstić information content (AvgIpc) is 2.66. The van der Waals surface area contributed by atoms with E-state index in [0.29, 0.717) is 6.42 Å². The number of amides is 1. The monoisotopic (exact) mass is 269 g/mol. The van der Waals surface area contributed by atoms with Crippen molar-refractivity contribution < 1.29 is 32.3 Å². The number of rotatable bonds is 1. The van der Waals surface area contributed by atoms with Crippen LogP contribution in [0.3, 0.4) is 0 Å². The van der Waals surface area contributed by atoms with Gasteiger partial charge in [0.25, 0.3) is 0 Å². The third-order valence-corrected chi connectivity index (χ3v) is 3.88. The van der Waals surface area contributed by atoms with E-state index >= 15 is 0 Å². The van der Waals surface area contributed by atoms with Crippen LogP contribution in [-0.4, -0.2) is 46.8 Å². The van der Waals surface area contributed by atoms with Crippen molar-refractivity contribution in [3.8, 4) is 0 Å². The summed E-state index contributed by atoms with van der Waals surface area (Å²) in [4.78, 5) is 22.5. The molecule has 2 rings (SSSR count). The molecule has 0 aromatic heterocycles. The Morgan fingerprint density at radius 2 is 1.78 bits per heavy atom. The number of aliphatic carboxylic acids is 1. The van der Waals surface area contributed by atoms with E-state index in [1.807, 2.05) is 0 Å². The fourth-order valence-corrected chi connectivity index (χ4v) is 2.96. The number of alkyl halides is 4. The van der Waals surface area contributed by atoms with Crippen molar-refractivity contribution in [1.29, 1.82) is 0 Å². The Bertz CT molecular complexity index is 410. The molecule has 1 aliphatic carbocycles. The minimum atomic E-state index is -5.10. The lowest BCUT2D eigenvalue weighted by molar-refractivity contribution is -0.185. The van der Waals surface area contributed by atoms with Crippen LogP contribution in [0, 0.1) is 5.41 Å². The molecular weight excluding hydrogens is 258 g/mol. The summed E-state index contributed by atoms with van der Waals surface area (Å²) in [6, 6.07) is 0. The number of nitrogens with zero attached hydrogens (tertiary/aromatic N) is 1. The number of carbonyl (C=O) groups excluding carboxylic acids is 1. The van der Waals surface area contributed by atoms with E-state index in [2.05, 4.69) is 0 Å². The molecule has 1 aliphatic heterocycles. The van der Waals surface area contributed by atoms with E-state index in [1.165, 1.54) is 0 Å². The molecule has 0 bridgehead atoms. The molecule has 0 aromatic rings. The first-order valence-corrected chi connectivity index (χ1v) is 5.41. The number of likely N-dealkylation sites (tertiary alicyclic amines) is 1. The molecule has 18 heavy (non-hydrogen) atoms. The third-order valence-electron chi connectivity index (χ3n) is 3.88. The standard InChI is InChI=1S/C10H11F4NO3/c11-9-3-1-2-8(9,7(17)18)4-15(5-9)6(16)10(12,13)14/h1-5H2,(H,17,18)/t8-,9-/m1/s1. The highest BCUT2D eigenvalue weighted by Crippen LogP contribution is 2.54. The molecule has 102 valence electrons. The van der Waals surface area contributed by atoms with Gasteiger partial charge >= 0.3 is 18.1 Å². The molecule has 0 unspecified atom stereocenters. The van der Waals surface area contributed by atoms with E-state index in [0.717, 1.165) is 0 Å². The first kappa shape index (κ1) is 13.1. The van der Waals surface area contributed by atoms with Crippen LogP contribution in [0.4, 0.5) is 17.6 Å². The molecule has 2 atom stereocenters. The fourth-order valence-electron chi connectivity index (χ4n) is 2.96. The first-order valence-electron chi connectivity index (χ1n) is 5.41. The van der Waals surface area contributed by atoms with Crippen molar-refractivity contribution in [3.05, 3.63) is 0 Å². The SMILES string of the molecule is O=C(N1C[C@]2(F)CCC[C@]2(C(=O)O)C1)C(F)(F)F. The van der Waals surface area contributed by atoms with E-state index in [9.17, 15) is 27.2 Å². The van der Waals surface area contributed by atoms with Crippen LogP contribution in [0.5, 0.6) is 0 Å². The summed E-state index contributed by atoms with van der Waals surface area (Å²) in [6.07, 6.45) is -4.97. The van der Waals surface area contributed by atoms with Crippen LogP contribution in [0.2, 0.25) is 0 Å². The van der Waals surface area contributed by atoms with Gasteiger partial charge in [0.05, 0.1) is 6.54 Å². The highest BCUT2D eigenvalue weighted by Gasteiger charge is 2.68. The highest BCUT2D eigenvalue weighted by molar-refractivity contribution is 5.85. The zero-order valence-electron chi connectivity index (χ0n) is 9.26. The number of hydrogen-bond donors (Lipinski definition) is 1. The van der Waals surface area contributed by atoms with Crippen LogP contribution in [0.25, 0.3) is 0 Å². The number of fused-ring (bicyclic) bond motifs is 1. The lowest BCUT2D eigenvalue weighted by atomic mass is 9.78. The van der Waals surface area contributed by atoms with E-state index < -0.39 is 42.2 Å². The van der Waals surface area contributed by atoms with Crippen LogP contribution in [0.15, 0.2) is 0 Å². The van der Waals surface area contributed by atoms with E-state index in [1.54, 1.807) is 0 Å². The summed E-state index contributed by atoms with van der Waals surface area (Å²) in [7, 11) is 0. The molecule has 1 saturated heterocycles. The predicted octanol–water partition coefficient (Wildman–Crippen LogP) is 1.35. The van der Waals surface area contributed by atoms with Crippen LogP contribution >= 0.6 is 0 Å². The van der Waals surface area contributed by atoms with Gasteiger partial charge in [0.15, 0.2) is 0 Å². The van der Waals surface area contributed by atoms with Gasteiger partial charge in [-0.05, 0) is 19.3 Å². The van der Waals surface area contributed by atoms with Gasteiger partial charge in [-0.2, -0.15) is 13.2 Å². The van der Waals surface area contributed by atoms with Gasteiger partial charge in [-0.3, -0.25) is 9.59 Å². The second kappa shape index (κ2) is 3.58. The number of halogens is 4. The molecule has 0 spiro atoms. The second-order valence-corrected chi connectivity index (χ2v) is 4.87. The van der Waals surface area contributed by atoms with Crippen molar-refractivity contribution in [2.45, 2.75) is 31.1 Å². The maximum Gasteiger partial charge on any atom is 0.471 e. The van der Waals surface area contributed by atoms with Gasteiger partial charge in [0.1, 0.15) is 11.1 Å². The molecule has 1 heterocycles. The van der Waals surface area contributed by atoms with Gasteiger partial charge < -0.3 is 10.0 Å². The minimum absolute atomic E-state index is 0.0412. The van der Waals surface area contributed by atoms with Gasteiger partial charge in [-0.1, -0.05) is 0 Å². The predicted molar refractivity (Wildman–Crippen MR) is 50.4 cm³/mol. The third kappa shape index (κ3) is 1.58. The molecule has 8 heteroatoms. The number of carbonyl (C=O) groups is 2. The topological polar surface area (TPSA) is 57.6 Å². The van der Waals surface area contributed by atoms with Crippen LogP contribution in [0.1, 0.15) is 19.3 Å². The Morgan fingerprint density at radius 1 is 1.17 bits per heavy atom. The maximum atomic E-state index is 14.5. The minimum Gasteiger partial charge on any atom is -0.481 e. The van der Waals surface area contributed by atoms with Crippen molar-refractivity contribution in [2.75, 3.05) is 13.1 Å². The maximum absolute atomic E-state index is 14.5. The molecule has 1 N–H and O–H groups in total. The Kier molecular flexibility index (Phi) is 2.61. The van der Waals surface area contributed by atoms with Gasteiger partial charge in [-0.15, -0.1) is 0 Å². The Morgan fingerprint density at radius 3 is 2.22 bits per heavy atom. The summed E-state index contributed by atoms with van der Waals surface area (Å²) in [6.45, 7) is -1.51. The van der Waals surface area contributed by atoms with Gasteiger partial charge in [-0.25, -0.2) is 4.39 Å². The second-order valence-electron chi connectivity index (χ2n) is 4.87. The normalized spacial score (nSPS) is 35.7. The van der Waals surface area contributed by atoms with E-state index in [4.69, 9.17) is 5.11 Å². The van der Waals surface area contributed by atoms with Gasteiger partial charge in [0.2, 0.25) is 0 Å². The summed E-state index contributed by atoms with van der Waals surface area (Å²) in [5, 5.41) is 9.08. The molecule has 2 aliphatic rings. The average molecular weight is 269 g/mol. The fraction of sp³-hybridized carbons (Fsp3) is 0.800. The first-order chi connectivity index (χ1) is 8.12. The van der Waals surface area contributed by atoms with Crippen molar-refractivity contribution >= 4 is 11.9 Å². The van der Waals surface area contributed by atoms with Crippen LogP contribution in [-0.2, 0) is 9.59 Å². The summed E-state index contributed by atoms with van der Waals surface area (Å²) in [5.74, 6) is -3.64. The quantitative estimate of drug-likeness (QED) is 0.731. The lowest BCUT2D eigenvalue weighted by Gasteiger charge is -2.27. The Balaban J connectivity index is 2.30. The Labute approximate surface area is 99.6 Å². The largest absolute Gasteiger partial charge is 0.481 e. The smallest absolute Gasteiger partial charge is 0.471 e. The molecule has 0 aromatic carbocycles. The molecule has 4 nitrogen and oxygen atoms in total. The van der Waals surface area contributed by atoms with Crippen LogP contribution < -0.4 is 0 Å². The number of carboxylic acid groups (broad SMARTS) is 1. The highest BCUT2D eigenvalue weighted by atomic mass is 19.4. The van der Waals surface area contributed by atoms with Crippen molar-refractivity contribution in [3.63, 3.8) is 0 Å². The molecule has 1 amide bonds. The molecule has 1 saturated carbocycles. The van der Waals surface area contributed by atoms with Gasteiger partial charge in [0, 0.05) is 6.54 Å². The summed E-state index contributed by atoms with van der Waals surface area (Å²) < 4.78 is 51.3.